The van der Waals surface area contributed by atoms with Crippen LogP contribution in [0.1, 0.15) is 21.6 Å². The van der Waals surface area contributed by atoms with Gasteiger partial charge in [-0.2, -0.15) is 0 Å². The van der Waals surface area contributed by atoms with Gasteiger partial charge in [0.1, 0.15) is 17.4 Å². The molecule has 4 aromatic rings. The summed E-state index contributed by atoms with van der Waals surface area (Å²) < 4.78 is 46.2. The maximum absolute atomic E-state index is 14.9. The number of rotatable bonds is 9. The van der Waals surface area contributed by atoms with Crippen molar-refractivity contribution >= 4 is 5.91 Å². The van der Waals surface area contributed by atoms with Gasteiger partial charge in [-0.25, -0.2) is 8.78 Å². The summed E-state index contributed by atoms with van der Waals surface area (Å²) in [5, 5.41) is 0. The lowest BCUT2D eigenvalue weighted by Crippen LogP contribution is -2.29. The zero-order chi connectivity index (χ0) is 27.4. The number of carbonyl (C=O) groups excluding carboxylic acids is 1. The van der Waals surface area contributed by atoms with Gasteiger partial charge in [0.05, 0.1) is 38.3 Å². The summed E-state index contributed by atoms with van der Waals surface area (Å²) in [5.74, 6) is 0.323. The molecule has 0 atom stereocenters. The van der Waals surface area contributed by atoms with Gasteiger partial charge >= 0.3 is 0 Å². The number of nitrogens with zero attached hydrogens (tertiary/aromatic N) is 2. The van der Waals surface area contributed by atoms with Crippen molar-refractivity contribution in [1.82, 2.24) is 9.47 Å². The number of benzene rings is 3. The minimum Gasteiger partial charge on any atom is -0.497 e. The molecule has 0 fully saturated rings. The number of likely N-dealkylation sites (N-methyl/N-ethyl adjacent to an activating group) is 1. The predicted molar refractivity (Wildman–Crippen MR) is 143 cm³/mol. The van der Waals surface area contributed by atoms with Gasteiger partial charge in [0.25, 0.3) is 5.91 Å². The lowest BCUT2D eigenvalue weighted by molar-refractivity contribution is 0.0796. The summed E-state index contributed by atoms with van der Waals surface area (Å²) >= 11 is 0. The zero-order valence-corrected chi connectivity index (χ0v) is 22.0. The number of methoxy groups -OCH3 is 3. The summed E-state index contributed by atoms with van der Waals surface area (Å²) in [5.41, 5.74) is 3.47. The summed E-state index contributed by atoms with van der Waals surface area (Å²) in [7, 11) is 6.46. The van der Waals surface area contributed by atoms with Gasteiger partial charge in [-0.05, 0) is 79.1 Å². The second-order valence-electron chi connectivity index (χ2n) is 8.85. The molecule has 8 heteroatoms. The molecule has 1 aromatic heterocycles. The zero-order valence-electron chi connectivity index (χ0n) is 22.0. The molecule has 0 aliphatic heterocycles. The lowest BCUT2D eigenvalue weighted by Gasteiger charge is -2.18. The summed E-state index contributed by atoms with van der Waals surface area (Å²) in [4.78, 5) is 15.2. The molecule has 0 radical (unpaired) electrons. The lowest BCUT2D eigenvalue weighted by atomic mass is 10.1. The first-order valence-electron chi connectivity index (χ1n) is 12.1. The van der Waals surface area contributed by atoms with Crippen LogP contribution in [0.25, 0.3) is 16.9 Å². The minimum atomic E-state index is -0.723. The Kier molecular flexibility index (Phi) is 8.00. The second-order valence-corrected chi connectivity index (χ2v) is 8.85. The first kappa shape index (κ1) is 26.7. The van der Waals surface area contributed by atoms with E-state index in [-0.39, 0.29) is 11.6 Å². The average molecular weight is 521 g/mol. The highest BCUT2D eigenvalue weighted by atomic mass is 19.1. The third-order valence-electron chi connectivity index (χ3n) is 6.54. The second kappa shape index (κ2) is 11.4. The van der Waals surface area contributed by atoms with Crippen LogP contribution in [0.3, 0.4) is 0 Å². The van der Waals surface area contributed by atoms with E-state index in [1.807, 2.05) is 30.3 Å². The fraction of sp³-hybridized carbons (Fsp3) is 0.233. The highest BCUT2D eigenvalue weighted by Crippen LogP contribution is 2.33. The Morgan fingerprint density at radius 3 is 2.21 bits per heavy atom. The van der Waals surface area contributed by atoms with Crippen molar-refractivity contribution in [3.05, 3.63) is 95.2 Å². The van der Waals surface area contributed by atoms with Crippen molar-refractivity contribution in [2.75, 3.05) is 34.9 Å². The molecule has 0 unspecified atom stereocenters. The van der Waals surface area contributed by atoms with Crippen LogP contribution in [-0.2, 0) is 6.42 Å². The first-order chi connectivity index (χ1) is 18.3. The van der Waals surface area contributed by atoms with Crippen LogP contribution in [0.15, 0.2) is 66.7 Å². The first-order valence-corrected chi connectivity index (χ1v) is 12.1. The minimum absolute atomic E-state index is 0.154. The predicted octanol–water partition coefficient (Wildman–Crippen LogP) is 6.07. The maximum Gasteiger partial charge on any atom is 0.255 e. The maximum atomic E-state index is 14.9. The van der Waals surface area contributed by atoms with Crippen LogP contribution in [0.2, 0.25) is 0 Å². The van der Waals surface area contributed by atoms with E-state index in [4.69, 9.17) is 14.2 Å². The molecule has 198 valence electrons. The number of aromatic nitrogens is 1. The average Bonchev–Trinajstić information content (AvgIpc) is 3.27. The topological polar surface area (TPSA) is 52.9 Å². The quantitative estimate of drug-likeness (QED) is 0.269. The molecule has 0 spiro atoms. The molecule has 6 nitrogen and oxygen atoms in total. The number of carbonyl (C=O) groups is 1. The van der Waals surface area contributed by atoms with Crippen molar-refractivity contribution in [2.24, 2.45) is 0 Å². The number of ether oxygens (including phenoxy) is 3. The van der Waals surface area contributed by atoms with Crippen LogP contribution >= 0.6 is 0 Å². The van der Waals surface area contributed by atoms with E-state index in [2.05, 4.69) is 0 Å². The summed E-state index contributed by atoms with van der Waals surface area (Å²) in [6.07, 6.45) is 0.597. The van der Waals surface area contributed by atoms with Crippen LogP contribution < -0.4 is 14.2 Å². The molecule has 3 aromatic carbocycles. The van der Waals surface area contributed by atoms with Gasteiger partial charge in [0, 0.05) is 25.4 Å². The Labute approximate surface area is 221 Å². The third kappa shape index (κ3) is 5.34. The highest BCUT2D eigenvalue weighted by Gasteiger charge is 2.23. The van der Waals surface area contributed by atoms with Crippen molar-refractivity contribution in [2.45, 2.75) is 13.3 Å². The molecule has 0 aliphatic carbocycles. The molecule has 0 saturated heterocycles. The van der Waals surface area contributed by atoms with Gasteiger partial charge in [-0.15, -0.1) is 0 Å². The monoisotopic (exact) mass is 520 g/mol. The Balaban J connectivity index is 1.68. The number of hydrogen-bond acceptors (Lipinski definition) is 4. The van der Waals surface area contributed by atoms with E-state index in [1.165, 1.54) is 12.1 Å². The normalized spacial score (nSPS) is 10.8. The van der Waals surface area contributed by atoms with Gasteiger partial charge < -0.3 is 23.7 Å². The van der Waals surface area contributed by atoms with E-state index >= 15 is 0 Å². The van der Waals surface area contributed by atoms with E-state index in [0.717, 1.165) is 17.2 Å². The molecule has 0 bridgehead atoms. The van der Waals surface area contributed by atoms with E-state index < -0.39 is 11.6 Å². The van der Waals surface area contributed by atoms with Crippen LogP contribution in [-0.4, -0.2) is 50.3 Å². The van der Waals surface area contributed by atoms with E-state index in [9.17, 15) is 13.6 Å². The van der Waals surface area contributed by atoms with Crippen LogP contribution in [0.5, 0.6) is 17.2 Å². The highest BCUT2D eigenvalue weighted by molar-refractivity contribution is 5.97. The molecule has 0 aliphatic rings. The SMILES string of the molecule is COc1ccc(-c2cc(C(=O)N(C)CCc3ccc(OC)c(OC)c3)c(C)n2-c2ccc(F)cc2F)cc1. The van der Waals surface area contributed by atoms with Crippen molar-refractivity contribution in [3.63, 3.8) is 0 Å². The van der Waals surface area contributed by atoms with Crippen molar-refractivity contribution in [3.8, 4) is 34.2 Å². The molecule has 0 N–H and O–H groups in total. The van der Waals surface area contributed by atoms with E-state index in [0.29, 0.717) is 47.2 Å². The van der Waals surface area contributed by atoms with Gasteiger partial charge in [-0.3, -0.25) is 4.79 Å². The van der Waals surface area contributed by atoms with Crippen LogP contribution in [0, 0.1) is 18.6 Å². The number of halogens is 2. The van der Waals surface area contributed by atoms with E-state index in [1.54, 1.807) is 63.0 Å². The largest absolute Gasteiger partial charge is 0.497 e. The fourth-order valence-electron chi connectivity index (χ4n) is 4.41. The molecule has 38 heavy (non-hydrogen) atoms. The molecule has 1 heterocycles. The Morgan fingerprint density at radius 1 is 0.868 bits per heavy atom. The smallest absolute Gasteiger partial charge is 0.255 e. The number of amides is 1. The third-order valence-corrected chi connectivity index (χ3v) is 6.54. The van der Waals surface area contributed by atoms with Crippen LogP contribution in [0.4, 0.5) is 8.78 Å². The Bertz CT molecular complexity index is 1450. The molecular formula is C30H30F2N2O4. The van der Waals surface area contributed by atoms with Gasteiger partial charge in [0.2, 0.25) is 0 Å². The summed E-state index contributed by atoms with van der Waals surface area (Å²) in [6, 6.07) is 18.1. The standard InChI is InChI=1S/C30H30F2N2O4/c1-19-24(30(35)33(2)15-14-20-6-13-28(37-4)29(16-20)38-5)18-27(21-7-10-23(36-3)11-8-21)34(19)26-12-9-22(31)17-25(26)32/h6-13,16-18H,14-15H2,1-5H3. The fourth-order valence-corrected chi connectivity index (χ4v) is 4.41. The Morgan fingerprint density at radius 2 is 1.58 bits per heavy atom. The number of hydrogen-bond donors (Lipinski definition) is 0. The van der Waals surface area contributed by atoms with Crippen molar-refractivity contribution < 1.29 is 27.8 Å². The van der Waals surface area contributed by atoms with Gasteiger partial charge in [0.15, 0.2) is 11.5 Å². The molecular weight excluding hydrogens is 490 g/mol. The molecule has 0 saturated carbocycles. The van der Waals surface area contributed by atoms with Gasteiger partial charge in [-0.1, -0.05) is 6.07 Å². The molecule has 1 amide bonds. The van der Waals surface area contributed by atoms with Crippen molar-refractivity contribution in [1.29, 1.82) is 0 Å². The Hall–Kier alpha value is -4.33. The molecule has 4 rings (SSSR count). The summed E-state index contributed by atoms with van der Waals surface area (Å²) in [6.45, 7) is 2.20.